The molecule has 0 aliphatic carbocycles. The number of benzene rings is 1. The van der Waals surface area contributed by atoms with Gasteiger partial charge in [0.2, 0.25) is 11.8 Å². The molecule has 2 heterocycles. The lowest BCUT2D eigenvalue weighted by atomic mass is 10.1. The minimum absolute atomic E-state index is 0.0373. The molecule has 0 saturated carbocycles. The molecule has 2 aromatic rings. The minimum atomic E-state index is -0.723. The minimum Gasteiger partial charge on any atom is -0.336 e. The third-order valence-corrected chi connectivity index (χ3v) is 3.85. The van der Waals surface area contributed by atoms with E-state index < -0.39 is 23.5 Å². The third-order valence-electron chi connectivity index (χ3n) is 3.85. The molecule has 0 spiro atoms. The standard InChI is InChI=1S/C17H15F2N3O2/c18-12-4-5-14(19)15(8-12)21-17(24)11-7-16(23)22(9-11)10-13-3-1-2-6-20-13/h1-6,8,11H,7,9-10H2,(H,21,24). The predicted octanol–water partition coefficient (Wildman–Crippen LogP) is 2.35. The number of nitrogens with one attached hydrogen (secondary N) is 1. The third kappa shape index (κ3) is 3.56. The van der Waals surface area contributed by atoms with Crippen molar-refractivity contribution < 1.29 is 18.4 Å². The molecular formula is C17H15F2N3O2. The van der Waals surface area contributed by atoms with Gasteiger partial charge in [0.15, 0.2) is 0 Å². The Kier molecular flexibility index (Phi) is 4.50. The van der Waals surface area contributed by atoms with Gasteiger partial charge in [0.25, 0.3) is 0 Å². The molecule has 1 fully saturated rings. The lowest BCUT2D eigenvalue weighted by Gasteiger charge is -2.16. The second-order valence-corrected chi connectivity index (χ2v) is 5.61. The van der Waals surface area contributed by atoms with Gasteiger partial charge in [0.05, 0.1) is 23.8 Å². The summed E-state index contributed by atoms with van der Waals surface area (Å²) in [5.74, 6) is -2.65. The van der Waals surface area contributed by atoms with Crippen LogP contribution in [0.5, 0.6) is 0 Å². The van der Waals surface area contributed by atoms with Gasteiger partial charge in [-0.1, -0.05) is 6.07 Å². The number of amides is 2. The van der Waals surface area contributed by atoms with Crippen molar-refractivity contribution in [3.05, 3.63) is 59.9 Å². The zero-order valence-corrected chi connectivity index (χ0v) is 12.7. The van der Waals surface area contributed by atoms with Gasteiger partial charge in [-0.25, -0.2) is 8.78 Å². The first-order valence-electron chi connectivity index (χ1n) is 7.46. The van der Waals surface area contributed by atoms with Crippen molar-refractivity contribution in [2.24, 2.45) is 5.92 Å². The van der Waals surface area contributed by atoms with E-state index in [1.165, 1.54) is 4.90 Å². The molecule has 1 unspecified atom stereocenters. The SMILES string of the molecule is O=C(Nc1cc(F)ccc1F)C1CC(=O)N(Cc2ccccn2)C1. The zero-order valence-electron chi connectivity index (χ0n) is 12.7. The maximum absolute atomic E-state index is 13.6. The molecule has 5 nitrogen and oxygen atoms in total. The molecule has 1 N–H and O–H groups in total. The number of aromatic nitrogens is 1. The number of rotatable bonds is 4. The van der Waals surface area contributed by atoms with Crippen LogP contribution in [0.3, 0.4) is 0 Å². The van der Waals surface area contributed by atoms with Crippen LogP contribution in [0.15, 0.2) is 42.6 Å². The number of anilines is 1. The van der Waals surface area contributed by atoms with Gasteiger partial charge in [-0.15, -0.1) is 0 Å². The van der Waals surface area contributed by atoms with Gasteiger partial charge in [0.1, 0.15) is 11.6 Å². The number of halogens is 2. The Morgan fingerprint density at radius 3 is 2.88 bits per heavy atom. The Morgan fingerprint density at radius 2 is 2.12 bits per heavy atom. The van der Waals surface area contributed by atoms with Gasteiger partial charge < -0.3 is 10.2 Å². The molecule has 3 rings (SSSR count). The number of nitrogens with zero attached hydrogens (tertiary/aromatic N) is 2. The van der Waals surface area contributed by atoms with E-state index >= 15 is 0 Å². The molecule has 124 valence electrons. The van der Waals surface area contributed by atoms with E-state index in [1.54, 1.807) is 18.3 Å². The summed E-state index contributed by atoms with van der Waals surface area (Å²) < 4.78 is 26.7. The fraction of sp³-hybridized carbons (Fsp3) is 0.235. The van der Waals surface area contributed by atoms with Gasteiger partial charge in [-0.3, -0.25) is 14.6 Å². The zero-order chi connectivity index (χ0) is 17.1. The summed E-state index contributed by atoms with van der Waals surface area (Å²) in [6.45, 7) is 0.538. The van der Waals surface area contributed by atoms with E-state index in [-0.39, 0.29) is 24.6 Å². The molecule has 1 saturated heterocycles. The highest BCUT2D eigenvalue weighted by atomic mass is 19.1. The molecule has 2 amide bonds. The molecule has 24 heavy (non-hydrogen) atoms. The first-order chi connectivity index (χ1) is 11.5. The number of hydrogen-bond donors (Lipinski definition) is 1. The Labute approximate surface area is 137 Å². The summed E-state index contributed by atoms with van der Waals surface area (Å²) in [6, 6.07) is 8.22. The van der Waals surface area contributed by atoms with Crippen molar-refractivity contribution in [1.82, 2.24) is 9.88 Å². The van der Waals surface area contributed by atoms with Gasteiger partial charge in [0, 0.05) is 25.2 Å². The maximum Gasteiger partial charge on any atom is 0.229 e. The van der Waals surface area contributed by atoms with E-state index in [0.717, 1.165) is 23.9 Å². The van der Waals surface area contributed by atoms with E-state index in [4.69, 9.17) is 0 Å². The summed E-state index contributed by atoms with van der Waals surface area (Å²) in [4.78, 5) is 30.0. The van der Waals surface area contributed by atoms with Gasteiger partial charge in [-0.2, -0.15) is 0 Å². The molecule has 1 aliphatic rings. The maximum atomic E-state index is 13.6. The smallest absolute Gasteiger partial charge is 0.229 e. The quantitative estimate of drug-likeness (QED) is 0.935. The van der Waals surface area contributed by atoms with Crippen LogP contribution in [0.2, 0.25) is 0 Å². The fourth-order valence-corrected chi connectivity index (χ4v) is 2.62. The van der Waals surface area contributed by atoms with Crippen molar-refractivity contribution in [1.29, 1.82) is 0 Å². The first-order valence-corrected chi connectivity index (χ1v) is 7.46. The predicted molar refractivity (Wildman–Crippen MR) is 82.7 cm³/mol. The topological polar surface area (TPSA) is 62.3 Å². The second kappa shape index (κ2) is 6.74. The normalized spacial score (nSPS) is 17.2. The van der Waals surface area contributed by atoms with Crippen LogP contribution in [-0.2, 0) is 16.1 Å². The first kappa shape index (κ1) is 16.0. The Bertz CT molecular complexity index is 768. The van der Waals surface area contributed by atoms with Crippen LogP contribution in [0.1, 0.15) is 12.1 Å². The summed E-state index contributed by atoms with van der Waals surface area (Å²) in [5.41, 5.74) is 0.499. The molecular weight excluding hydrogens is 316 g/mol. The fourth-order valence-electron chi connectivity index (χ4n) is 2.62. The highest BCUT2D eigenvalue weighted by molar-refractivity contribution is 5.97. The van der Waals surface area contributed by atoms with E-state index in [9.17, 15) is 18.4 Å². The lowest BCUT2D eigenvalue weighted by Crippen LogP contribution is -2.28. The Balaban J connectivity index is 1.64. The van der Waals surface area contributed by atoms with Crippen molar-refractivity contribution in [3.8, 4) is 0 Å². The number of carbonyl (C=O) groups excluding carboxylic acids is 2. The highest BCUT2D eigenvalue weighted by Crippen LogP contribution is 2.23. The van der Waals surface area contributed by atoms with Crippen LogP contribution in [0.25, 0.3) is 0 Å². The van der Waals surface area contributed by atoms with Crippen molar-refractivity contribution >= 4 is 17.5 Å². The molecule has 1 aromatic heterocycles. The molecule has 1 aromatic carbocycles. The van der Waals surface area contributed by atoms with Crippen LogP contribution >= 0.6 is 0 Å². The van der Waals surface area contributed by atoms with Crippen LogP contribution in [0.4, 0.5) is 14.5 Å². The van der Waals surface area contributed by atoms with E-state index in [2.05, 4.69) is 10.3 Å². The Morgan fingerprint density at radius 1 is 1.29 bits per heavy atom. The number of carbonyl (C=O) groups is 2. The van der Waals surface area contributed by atoms with Crippen molar-refractivity contribution in [2.45, 2.75) is 13.0 Å². The number of pyridine rings is 1. The highest BCUT2D eigenvalue weighted by Gasteiger charge is 2.34. The average Bonchev–Trinajstić information content (AvgIpc) is 2.93. The summed E-state index contributed by atoms with van der Waals surface area (Å²) >= 11 is 0. The van der Waals surface area contributed by atoms with Gasteiger partial charge >= 0.3 is 0 Å². The number of hydrogen-bond acceptors (Lipinski definition) is 3. The molecule has 1 aliphatic heterocycles. The monoisotopic (exact) mass is 331 g/mol. The largest absolute Gasteiger partial charge is 0.336 e. The van der Waals surface area contributed by atoms with E-state index in [0.29, 0.717) is 6.54 Å². The number of likely N-dealkylation sites (tertiary alicyclic amines) is 1. The van der Waals surface area contributed by atoms with Crippen molar-refractivity contribution in [3.63, 3.8) is 0 Å². The van der Waals surface area contributed by atoms with Crippen LogP contribution in [-0.4, -0.2) is 28.2 Å². The summed E-state index contributed by atoms with van der Waals surface area (Å²) in [7, 11) is 0. The van der Waals surface area contributed by atoms with Crippen LogP contribution in [0, 0.1) is 17.6 Å². The van der Waals surface area contributed by atoms with Crippen LogP contribution < -0.4 is 5.32 Å². The molecule has 7 heteroatoms. The lowest BCUT2D eigenvalue weighted by molar-refractivity contribution is -0.128. The Hall–Kier alpha value is -2.83. The van der Waals surface area contributed by atoms with E-state index in [1.807, 2.05) is 6.07 Å². The van der Waals surface area contributed by atoms with Crippen molar-refractivity contribution in [2.75, 3.05) is 11.9 Å². The molecule has 0 radical (unpaired) electrons. The molecule has 0 bridgehead atoms. The second-order valence-electron chi connectivity index (χ2n) is 5.61. The summed E-state index contributed by atoms with van der Waals surface area (Å²) in [6.07, 6.45) is 1.67. The summed E-state index contributed by atoms with van der Waals surface area (Å²) in [5, 5.41) is 2.35. The van der Waals surface area contributed by atoms with Gasteiger partial charge in [-0.05, 0) is 24.3 Å². The molecule has 1 atom stereocenters. The average molecular weight is 331 g/mol.